The van der Waals surface area contributed by atoms with Crippen LogP contribution in [0.2, 0.25) is 0 Å². The van der Waals surface area contributed by atoms with Crippen LogP contribution in [0.25, 0.3) is 0 Å². The highest BCUT2D eigenvalue weighted by Gasteiger charge is 2.22. The third-order valence-corrected chi connectivity index (χ3v) is 7.17. The highest BCUT2D eigenvalue weighted by Crippen LogP contribution is 2.20. The summed E-state index contributed by atoms with van der Waals surface area (Å²) in [5, 5.41) is 16.2. The number of hydrogen-bond acceptors (Lipinski definition) is 5. The van der Waals surface area contributed by atoms with Crippen molar-refractivity contribution in [3.63, 3.8) is 0 Å². The first-order valence-corrected chi connectivity index (χ1v) is 15.6. The summed E-state index contributed by atoms with van der Waals surface area (Å²) in [4.78, 5) is 22.8. The molecule has 2 unspecified atom stereocenters. The summed E-state index contributed by atoms with van der Waals surface area (Å²) in [5.41, 5.74) is 2.77. The number of rotatable bonds is 18. The molecule has 1 aliphatic heterocycles. The lowest BCUT2D eigenvalue weighted by Gasteiger charge is -2.11. The van der Waals surface area contributed by atoms with Crippen LogP contribution in [0.5, 0.6) is 0 Å². The third kappa shape index (κ3) is 15.7. The van der Waals surface area contributed by atoms with Crippen molar-refractivity contribution < 1.29 is 19.4 Å². The van der Waals surface area contributed by atoms with Gasteiger partial charge in [-0.3, -0.25) is 9.59 Å². The van der Waals surface area contributed by atoms with Crippen LogP contribution in [0.3, 0.4) is 0 Å². The minimum absolute atomic E-state index is 0.00134. The van der Waals surface area contributed by atoms with Crippen molar-refractivity contribution in [2.24, 2.45) is 0 Å². The van der Waals surface area contributed by atoms with Crippen LogP contribution in [0.4, 0.5) is 17.1 Å². The predicted molar refractivity (Wildman–Crippen MR) is 166 cm³/mol. The molecule has 222 valence electrons. The zero-order chi connectivity index (χ0) is 28.8. The average Bonchev–Trinajstić information content (AvgIpc) is 3.38. The molecular weight excluding hydrogens is 500 g/mol. The van der Waals surface area contributed by atoms with Gasteiger partial charge in [0.2, 0.25) is 5.91 Å². The number of para-hydroxylation sites is 1. The topological polar surface area (TPSA) is 87.7 Å². The number of unbranched alkanes of at least 4 members (excludes halogenated alkanes) is 8. The number of hydrogen-bond donors (Lipinski definition) is 3. The maximum absolute atomic E-state index is 12.1. The number of esters is 1. The van der Waals surface area contributed by atoms with E-state index in [0.29, 0.717) is 19.3 Å². The minimum Gasteiger partial charge on any atom is -0.462 e. The number of anilines is 3. The smallest absolute Gasteiger partial charge is 0.306 e. The number of nitrogens with one attached hydrogen (secondary N) is 2. The summed E-state index contributed by atoms with van der Waals surface area (Å²) in [5.74, 6) is -0.0534. The van der Waals surface area contributed by atoms with Gasteiger partial charge in [0.15, 0.2) is 0 Å². The molecule has 0 saturated carbocycles. The van der Waals surface area contributed by atoms with E-state index in [1.807, 2.05) is 54.6 Å². The van der Waals surface area contributed by atoms with Gasteiger partial charge in [0, 0.05) is 29.9 Å². The zero-order valence-corrected chi connectivity index (χ0v) is 24.8. The Kier molecular flexibility index (Phi) is 17.5. The molecule has 0 aliphatic carbocycles. The molecule has 6 heteroatoms. The Hall–Kier alpha value is -2.86. The van der Waals surface area contributed by atoms with Gasteiger partial charge in [-0.2, -0.15) is 0 Å². The maximum Gasteiger partial charge on any atom is 0.306 e. The van der Waals surface area contributed by atoms with E-state index in [1.54, 1.807) is 0 Å². The molecule has 0 bridgehead atoms. The van der Waals surface area contributed by atoms with Gasteiger partial charge in [0.25, 0.3) is 0 Å². The van der Waals surface area contributed by atoms with E-state index in [-0.39, 0.29) is 24.1 Å². The van der Waals surface area contributed by atoms with Gasteiger partial charge in [0.1, 0.15) is 6.10 Å². The standard InChI is InChI=1S/C23H32N2O2.C11H20O2/c1-2-3-4-5-9-12-22(26)17-18-23(27)25-21-15-13-20(14-16-21)24-19-10-7-6-8-11-19;1-2-3-4-5-6-7-10-8-9-11(12)13-10/h6-8,10-11,13-16,22,24,26H,2-5,9,12,17-18H2,1H3,(H,25,27);10H,2-9H2,1H3. The molecule has 1 heterocycles. The molecule has 1 aliphatic rings. The predicted octanol–water partition coefficient (Wildman–Crippen LogP) is 8.92. The van der Waals surface area contributed by atoms with Crippen LogP contribution in [0.1, 0.15) is 117 Å². The Bertz CT molecular complexity index is 933. The minimum atomic E-state index is -0.380. The second-order valence-electron chi connectivity index (χ2n) is 10.9. The molecule has 1 saturated heterocycles. The molecular formula is C34H52N2O4. The second kappa shape index (κ2) is 21.0. The first-order valence-electron chi connectivity index (χ1n) is 15.6. The van der Waals surface area contributed by atoms with Crippen molar-refractivity contribution in [3.05, 3.63) is 54.6 Å². The Morgan fingerprint density at radius 2 is 1.43 bits per heavy atom. The first-order chi connectivity index (χ1) is 19.5. The van der Waals surface area contributed by atoms with Crippen LogP contribution < -0.4 is 10.6 Å². The number of benzene rings is 2. The van der Waals surface area contributed by atoms with Crippen molar-refractivity contribution >= 4 is 28.9 Å². The summed E-state index contributed by atoms with van der Waals surface area (Å²) in [7, 11) is 0. The van der Waals surface area contributed by atoms with Gasteiger partial charge < -0.3 is 20.5 Å². The molecule has 3 rings (SSSR count). The largest absolute Gasteiger partial charge is 0.462 e. The Morgan fingerprint density at radius 3 is 2.05 bits per heavy atom. The summed E-state index contributed by atoms with van der Waals surface area (Å²) in [6.07, 6.45) is 16.6. The Balaban J connectivity index is 0.000000360. The molecule has 0 radical (unpaired) electrons. The van der Waals surface area contributed by atoms with E-state index in [1.165, 1.54) is 57.8 Å². The van der Waals surface area contributed by atoms with Gasteiger partial charge in [-0.15, -0.1) is 0 Å². The molecule has 0 aromatic heterocycles. The van der Waals surface area contributed by atoms with E-state index in [2.05, 4.69) is 24.5 Å². The van der Waals surface area contributed by atoms with Crippen LogP contribution in [0, 0.1) is 0 Å². The van der Waals surface area contributed by atoms with Crippen LogP contribution >= 0.6 is 0 Å². The van der Waals surface area contributed by atoms with Crippen LogP contribution in [-0.4, -0.2) is 29.2 Å². The van der Waals surface area contributed by atoms with Crippen molar-refractivity contribution in [2.75, 3.05) is 10.6 Å². The number of cyclic esters (lactones) is 1. The number of aliphatic hydroxyl groups excluding tert-OH is 1. The molecule has 40 heavy (non-hydrogen) atoms. The lowest BCUT2D eigenvalue weighted by Crippen LogP contribution is -2.15. The Labute approximate surface area is 242 Å². The number of carbonyl (C=O) groups is 2. The molecule has 1 fully saturated rings. The number of ether oxygens (including phenoxy) is 1. The lowest BCUT2D eigenvalue weighted by atomic mass is 10.0. The van der Waals surface area contributed by atoms with Gasteiger partial charge in [-0.1, -0.05) is 89.8 Å². The van der Waals surface area contributed by atoms with Crippen LogP contribution in [0.15, 0.2) is 54.6 Å². The van der Waals surface area contributed by atoms with Crippen molar-refractivity contribution in [3.8, 4) is 0 Å². The van der Waals surface area contributed by atoms with Gasteiger partial charge in [0.05, 0.1) is 6.10 Å². The fourth-order valence-electron chi connectivity index (χ4n) is 4.74. The SMILES string of the molecule is CCCCCCCC(O)CCC(=O)Nc1ccc(Nc2ccccc2)cc1.CCCCCCCC1CCC(=O)O1. The second-order valence-corrected chi connectivity index (χ2v) is 10.9. The first kappa shape index (κ1) is 33.3. The zero-order valence-electron chi connectivity index (χ0n) is 24.8. The summed E-state index contributed by atoms with van der Waals surface area (Å²) in [6, 6.07) is 17.6. The van der Waals surface area contributed by atoms with E-state index in [9.17, 15) is 14.7 Å². The van der Waals surface area contributed by atoms with Gasteiger partial charge >= 0.3 is 5.97 Å². The van der Waals surface area contributed by atoms with Crippen LogP contribution in [-0.2, 0) is 14.3 Å². The molecule has 2 aromatic rings. The fourth-order valence-corrected chi connectivity index (χ4v) is 4.74. The van der Waals surface area contributed by atoms with E-state index in [0.717, 1.165) is 42.7 Å². The maximum atomic E-state index is 12.1. The number of aliphatic hydroxyl groups is 1. The van der Waals surface area contributed by atoms with Crippen molar-refractivity contribution in [1.82, 2.24) is 0 Å². The van der Waals surface area contributed by atoms with E-state index in [4.69, 9.17) is 4.74 Å². The van der Waals surface area contributed by atoms with Gasteiger partial charge in [-0.25, -0.2) is 0 Å². The summed E-state index contributed by atoms with van der Waals surface area (Å²) >= 11 is 0. The Morgan fingerprint density at radius 1 is 0.825 bits per heavy atom. The quantitative estimate of drug-likeness (QED) is 0.127. The number of carbonyl (C=O) groups excluding carboxylic acids is 2. The fraction of sp³-hybridized carbons (Fsp3) is 0.588. The third-order valence-electron chi connectivity index (χ3n) is 7.17. The molecule has 2 atom stereocenters. The van der Waals surface area contributed by atoms with E-state index < -0.39 is 0 Å². The van der Waals surface area contributed by atoms with Gasteiger partial charge in [-0.05, 0) is 68.5 Å². The molecule has 3 N–H and O–H groups in total. The summed E-state index contributed by atoms with van der Waals surface area (Å²) < 4.78 is 5.13. The van der Waals surface area contributed by atoms with Crippen molar-refractivity contribution in [2.45, 2.75) is 129 Å². The normalized spacial score (nSPS) is 15.1. The lowest BCUT2D eigenvalue weighted by molar-refractivity contribution is -0.141. The highest BCUT2D eigenvalue weighted by molar-refractivity contribution is 5.90. The molecule has 2 aromatic carbocycles. The highest BCUT2D eigenvalue weighted by atomic mass is 16.5. The van der Waals surface area contributed by atoms with E-state index >= 15 is 0 Å². The molecule has 1 amide bonds. The molecule has 0 spiro atoms. The average molecular weight is 553 g/mol. The summed E-state index contributed by atoms with van der Waals surface area (Å²) in [6.45, 7) is 4.42. The monoisotopic (exact) mass is 552 g/mol. The molecule has 6 nitrogen and oxygen atoms in total. The number of amides is 1. The van der Waals surface area contributed by atoms with Crippen molar-refractivity contribution in [1.29, 1.82) is 0 Å².